The van der Waals surface area contributed by atoms with Crippen molar-refractivity contribution in [2.24, 2.45) is 0 Å². The topological polar surface area (TPSA) is 66.5 Å². The van der Waals surface area contributed by atoms with Gasteiger partial charge >= 0.3 is 0 Å². The Bertz CT molecular complexity index is 1020. The summed E-state index contributed by atoms with van der Waals surface area (Å²) in [7, 11) is -3.82. The van der Waals surface area contributed by atoms with E-state index in [2.05, 4.69) is 5.32 Å². The summed E-state index contributed by atoms with van der Waals surface area (Å²) in [6, 6.07) is 26.8. The molecule has 0 saturated carbocycles. The lowest BCUT2D eigenvalue weighted by Gasteiger charge is -2.23. The van der Waals surface area contributed by atoms with E-state index in [1.807, 2.05) is 67.6 Å². The summed E-state index contributed by atoms with van der Waals surface area (Å²) in [6.45, 7) is 1.73. The predicted octanol–water partition coefficient (Wildman–Crippen LogP) is 3.75. The first-order chi connectivity index (χ1) is 14.0. The largest absolute Gasteiger partial charge is 0.348 e. The number of nitrogens with one attached hydrogen (secondary N) is 1. The first-order valence-corrected chi connectivity index (χ1v) is 10.8. The molecule has 3 aromatic carbocycles. The Morgan fingerprint density at radius 1 is 0.862 bits per heavy atom. The van der Waals surface area contributed by atoms with E-state index >= 15 is 0 Å². The van der Waals surface area contributed by atoms with Crippen molar-refractivity contribution in [2.75, 3.05) is 6.54 Å². The molecule has 6 heteroatoms. The summed E-state index contributed by atoms with van der Waals surface area (Å²) in [5, 5.41) is 2.89. The fourth-order valence-electron chi connectivity index (χ4n) is 3.03. The van der Waals surface area contributed by atoms with E-state index in [0.29, 0.717) is 0 Å². The maximum atomic E-state index is 13.2. The first-order valence-electron chi connectivity index (χ1n) is 9.40. The summed E-state index contributed by atoms with van der Waals surface area (Å²) in [5.41, 5.74) is 1.78. The smallest absolute Gasteiger partial charge is 0.243 e. The molecule has 1 amide bonds. The van der Waals surface area contributed by atoms with E-state index in [4.69, 9.17) is 0 Å². The summed E-state index contributed by atoms with van der Waals surface area (Å²) in [6.07, 6.45) is 0. The summed E-state index contributed by atoms with van der Waals surface area (Å²) < 4.78 is 27.6. The van der Waals surface area contributed by atoms with E-state index in [9.17, 15) is 13.2 Å². The fraction of sp³-hybridized carbons (Fsp3) is 0.174. The molecule has 0 aliphatic rings. The van der Waals surface area contributed by atoms with Crippen LogP contribution in [0.5, 0.6) is 0 Å². The first kappa shape index (κ1) is 20.8. The third-order valence-electron chi connectivity index (χ3n) is 4.58. The maximum Gasteiger partial charge on any atom is 0.243 e. The molecule has 0 heterocycles. The van der Waals surface area contributed by atoms with Crippen LogP contribution >= 0.6 is 0 Å². The van der Waals surface area contributed by atoms with Crippen molar-refractivity contribution < 1.29 is 13.2 Å². The molecular formula is C23H24N2O3S. The lowest BCUT2D eigenvalue weighted by Crippen LogP contribution is -2.41. The molecule has 0 aliphatic carbocycles. The van der Waals surface area contributed by atoms with Gasteiger partial charge in [-0.15, -0.1) is 0 Å². The highest BCUT2D eigenvalue weighted by atomic mass is 32.2. The van der Waals surface area contributed by atoms with Crippen LogP contribution < -0.4 is 5.32 Å². The normalized spacial score (nSPS) is 12.5. The second-order valence-corrected chi connectivity index (χ2v) is 8.71. The lowest BCUT2D eigenvalue weighted by atomic mass is 10.1. The van der Waals surface area contributed by atoms with Crippen molar-refractivity contribution in [2.45, 2.75) is 24.4 Å². The van der Waals surface area contributed by atoms with Crippen LogP contribution in [-0.4, -0.2) is 25.2 Å². The molecule has 0 unspecified atom stereocenters. The van der Waals surface area contributed by atoms with E-state index in [0.717, 1.165) is 11.1 Å². The van der Waals surface area contributed by atoms with Crippen LogP contribution in [0.15, 0.2) is 95.9 Å². The van der Waals surface area contributed by atoms with Gasteiger partial charge in [-0.2, -0.15) is 4.31 Å². The zero-order valence-corrected chi connectivity index (χ0v) is 17.0. The standard InChI is InChI=1S/C23H24N2O3S/c1-19(21-13-7-3-8-14-21)24-23(26)18-25(17-20-11-5-2-6-12-20)29(27,28)22-15-9-4-10-16-22/h2-16,19H,17-18H2,1H3,(H,24,26)/t19-/m0/s1. The Morgan fingerprint density at radius 2 is 1.38 bits per heavy atom. The average molecular weight is 409 g/mol. The number of carbonyl (C=O) groups is 1. The fourth-order valence-corrected chi connectivity index (χ4v) is 4.43. The molecule has 0 bridgehead atoms. The van der Waals surface area contributed by atoms with Crippen LogP contribution in [0.2, 0.25) is 0 Å². The summed E-state index contributed by atoms with van der Waals surface area (Å²) >= 11 is 0. The van der Waals surface area contributed by atoms with Gasteiger partial charge in [-0.25, -0.2) is 8.42 Å². The number of hydrogen-bond donors (Lipinski definition) is 1. The number of rotatable bonds is 8. The number of amides is 1. The third-order valence-corrected chi connectivity index (χ3v) is 6.39. The zero-order chi connectivity index (χ0) is 20.7. The Balaban J connectivity index is 1.80. The molecule has 3 aromatic rings. The highest BCUT2D eigenvalue weighted by Crippen LogP contribution is 2.18. The minimum atomic E-state index is -3.82. The maximum absolute atomic E-state index is 13.2. The predicted molar refractivity (Wildman–Crippen MR) is 113 cm³/mol. The van der Waals surface area contributed by atoms with Crippen LogP contribution in [0.25, 0.3) is 0 Å². The molecule has 29 heavy (non-hydrogen) atoms. The SMILES string of the molecule is C[C@H](NC(=O)CN(Cc1ccccc1)S(=O)(=O)c1ccccc1)c1ccccc1. The summed E-state index contributed by atoms with van der Waals surface area (Å²) in [5.74, 6) is -0.350. The lowest BCUT2D eigenvalue weighted by molar-refractivity contribution is -0.122. The minimum absolute atomic E-state index is 0.116. The van der Waals surface area contributed by atoms with Crippen LogP contribution in [0, 0.1) is 0 Å². The van der Waals surface area contributed by atoms with E-state index in [-0.39, 0.29) is 29.9 Å². The van der Waals surface area contributed by atoms with E-state index in [1.54, 1.807) is 18.2 Å². The molecule has 0 spiro atoms. The number of carbonyl (C=O) groups excluding carboxylic acids is 1. The van der Waals surface area contributed by atoms with Crippen molar-refractivity contribution in [1.82, 2.24) is 9.62 Å². The Labute approximate surface area is 172 Å². The van der Waals surface area contributed by atoms with Crippen LogP contribution in [-0.2, 0) is 21.4 Å². The van der Waals surface area contributed by atoms with Crippen molar-refractivity contribution in [3.8, 4) is 0 Å². The van der Waals surface area contributed by atoms with Crippen molar-refractivity contribution in [1.29, 1.82) is 0 Å². The number of sulfonamides is 1. The van der Waals surface area contributed by atoms with Gasteiger partial charge in [0, 0.05) is 6.54 Å². The van der Waals surface area contributed by atoms with E-state index in [1.165, 1.54) is 16.4 Å². The average Bonchev–Trinajstić information content (AvgIpc) is 2.75. The van der Waals surface area contributed by atoms with Gasteiger partial charge in [-0.05, 0) is 30.2 Å². The minimum Gasteiger partial charge on any atom is -0.348 e. The Hall–Kier alpha value is -2.96. The quantitative estimate of drug-likeness (QED) is 0.617. The van der Waals surface area contributed by atoms with E-state index < -0.39 is 10.0 Å². The van der Waals surface area contributed by atoms with Gasteiger partial charge in [0.25, 0.3) is 0 Å². The molecule has 5 nitrogen and oxygen atoms in total. The Morgan fingerprint density at radius 3 is 1.97 bits per heavy atom. The van der Waals surface area contributed by atoms with Crippen LogP contribution in [0.3, 0.4) is 0 Å². The molecule has 0 saturated heterocycles. The second kappa shape index (κ2) is 9.49. The van der Waals surface area contributed by atoms with Gasteiger partial charge in [0.15, 0.2) is 0 Å². The molecule has 1 N–H and O–H groups in total. The van der Waals surface area contributed by atoms with Gasteiger partial charge in [-0.1, -0.05) is 78.9 Å². The molecule has 0 aliphatic heterocycles. The molecule has 3 rings (SSSR count). The molecule has 0 radical (unpaired) electrons. The molecular weight excluding hydrogens is 384 g/mol. The highest BCUT2D eigenvalue weighted by Gasteiger charge is 2.27. The van der Waals surface area contributed by atoms with Gasteiger partial charge in [0.2, 0.25) is 15.9 Å². The Kier molecular flexibility index (Phi) is 6.80. The zero-order valence-electron chi connectivity index (χ0n) is 16.2. The monoisotopic (exact) mass is 408 g/mol. The third kappa shape index (κ3) is 5.53. The van der Waals surface area contributed by atoms with Crippen molar-refractivity contribution in [3.05, 3.63) is 102 Å². The molecule has 0 aromatic heterocycles. The molecule has 1 atom stereocenters. The van der Waals surface area contributed by atoms with Gasteiger partial charge < -0.3 is 5.32 Å². The molecule has 150 valence electrons. The van der Waals surface area contributed by atoms with Crippen molar-refractivity contribution >= 4 is 15.9 Å². The number of benzene rings is 3. The van der Waals surface area contributed by atoms with Gasteiger partial charge in [0.1, 0.15) is 0 Å². The highest BCUT2D eigenvalue weighted by molar-refractivity contribution is 7.89. The molecule has 0 fully saturated rings. The van der Waals surface area contributed by atoms with Crippen LogP contribution in [0.1, 0.15) is 24.1 Å². The van der Waals surface area contributed by atoms with Crippen molar-refractivity contribution in [3.63, 3.8) is 0 Å². The second-order valence-electron chi connectivity index (χ2n) is 6.77. The number of nitrogens with zero attached hydrogens (tertiary/aromatic N) is 1. The number of hydrogen-bond acceptors (Lipinski definition) is 3. The summed E-state index contributed by atoms with van der Waals surface area (Å²) in [4.78, 5) is 12.9. The van der Waals surface area contributed by atoms with Gasteiger partial charge in [-0.3, -0.25) is 4.79 Å². The van der Waals surface area contributed by atoms with Crippen LogP contribution in [0.4, 0.5) is 0 Å². The van der Waals surface area contributed by atoms with Gasteiger partial charge in [0.05, 0.1) is 17.5 Å².